The molecule has 0 spiro atoms. The van der Waals surface area contributed by atoms with Gasteiger partial charge in [-0.2, -0.15) is 26.3 Å². The van der Waals surface area contributed by atoms with Gasteiger partial charge in [0.1, 0.15) is 11.5 Å². The highest BCUT2D eigenvalue weighted by Crippen LogP contribution is 2.40. The number of carbonyl (C=O) groups is 1. The van der Waals surface area contributed by atoms with Crippen LogP contribution in [0, 0.1) is 11.2 Å². The van der Waals surface area contributed by atoms with E-state index in [4.69, 9.17) is 11.1 Å². The molecule has 1 saturated heterocycles. The van der Waals surface area contributed by atoms with E-state index < -0.39 is 42.0 Å². The second kappa shape index (κ2) is 11.2. The van der Waals surface area contributed by atoms with E-state index in [-0.39, 0.29) is 55.9 Å². The SMILES string of the molecule is N=C(C(=O)N1CCCC(c2cccc(F)c2C(F)(F)F)CC1)C1=C(N)CCN(CCCC(F)(F)F)C1. The summed E-state index contributed by atoms with van der Waals surface area (Å²) in [5, 5.41) is 8.42. The van der Waals surface area contributed by atoms with Crippen LogP contribution in [0.25, 0.3) is 0 Å². The number of likely N-dealkylation sites (tertiary alicyclic amines) is 1. The molecule has 5 nitrogen and oxygen atoms in total. The fraction of sp³-hybridized carbons (Fsp3) is 0.583. The lowest BCUT2D eigenvalue weighted by molar-refractivity contribution is -0.141. The summed E-state index contributed by atoms with van der Waals surface area (Å²) in [7, 11) is 0. The van der Waals surface area contributed by atoms with Gasteiger partial charge in [0, 0.05) is 50.3 Å². The van der Waals surface area contributed by atoms with Gasteiger partial charge in [0.05, 0.1) is 5.56 Å². The van der Waals surface area contributed by atoms with Gasteiger partial charge in [0.2, 0.25) is 0 Å². The number of alkyl halides is 6. The van der Waals surface area contributed by atoms with Crippen molar-refractivity contribution in [1.82, 2.24) is 9.80 Å². The van der Waals surface area contributed by atoms with E-state index in [2.05, 4.69) is 0 Å². The van der Waals surface area contributed by atoms with Gasteiger partial charge in [-0.3, -0.25) is 15.1 Å². The number of amides is 1. The van der Waals surface area contributed by atoms with Gasteiger partial charge in [-0.1, -0.05) is 12.1 Å². The van der Waals surface area contributed by atoms with E-state index >= 15 is 0 Å². The summed E-state index contributed by atoms with van der Waals surface area (Å²) in [6.45, 7) is 0.968. The topological polar surface area (TPSA) is 73.4 Å². The normalized spacial score (nSPS) is 20.4. The van der Waals surface area contributed by atoms with Crippen LogP contribution in [0.4, 0.5) is 30.7 Å². The molecule has 0 aromatic heterocycles. The van der Waals surface area contributed by atoms with Crippen molar-refractivity contribution in [1.29, 1.82) is 5.41 Å². The van der Waals surface area contributed by atoms with Gasteiger partial charge < -0.3 is 10.6 Å². The van der Waals surface area contributed by atoms with Crippen molar-refractivity contribution in [3.63, 3.8) is 0 Å². The molecule has 0 radical (unpaired) electrons. The second-order valence-electron chi connectivity index (χ2n) is 9.25. The maximum absolute atomic E-state index is 14.0. The number of hydrogen-bond donors (Lipinski definition) is 2. The third-order valence-corrected chi connectivity index (χ3v) is 6.70. The lowest BCUT2D eigenvalue weighted by Gasteiger charge is -2.31. The summed E-state index contributed by atoms with van der Waals surface area (Å²) in [6, 6.07) is 3.27. The Balaban J connectivity index is 1.66. The summed E-state index contributed by atoms with van der Waals surface area (Å²) in [5.41, 5.74) is 4.85. The Bertz CT molecular complexity index is 1000. The van der Waals surface area contributed by atoms with Crippen LogP contribution >= 0.6 is 0 Å². The van der Waals surface area contributed by atoms with Gasteiger partial charge >= 0.3 is 12.4 Å². The molecule has 1 atom stereocenters. The molecule has 1 aromatic carbocycles. The number of nitrogens with zero attached hydrogens (tertiary/aromatic N) is 2. The standard InChI is InChI=1S/C24H29F7N4O/c25-18-6-1-5-16(20(18)24(29,30)31)15-4-2-11-35(13-7-15)22(36)21(33)17-14-34(12-8-19(17)32)10-3-9-23(26,27)28/h1,5-6,15,33H,2-4,7-14,32H2. The molecule has 0 bridgehead atoms. The predicted octanol–water partition coefficient (Wildman–Crippen LogP) is 5.22. The number of halogens is 7. The predicted molar refractivity (Wildman–Crippen MR) is 120 cm³/mol. The Morgan fingerprint density at radius 1 is 1.08 bits per heavy atom. The van der Waals surface area contributed by atoms with E-state index in [1.807, 2.05) is 0 Å². The highest BCUT2D eigenvalue weighted by Gasteiger charge is 2.39. The summed E-state index contributed by atoms with van der Waals surface area (Å²) >= 11 is 0. The first-order valence-electron chi connectivity index (χ1n) is 11.8. The van der Waals surface area contributed by atoms with Crippen molar-refractivity contribution in [2.45, 2.75) is 56.8 Å². The van der Waals surface area contributed by atoms with Crippen LogP contribution in [0.15, 0.2) is 29.5 Å². The average Bonchev–Trinajstić information content (AvgIpc) is 3.03. The molecule has 1 unspecified atom stereocenters. The number of rotatable bonds is 6. The zero-order chi connectivity index (χ0) is 26.7. The third-order valence-electron chi connectivity index (χ3n) is 6.70. The van der Waals surface area contributed by atoms with E-state index in [1.54, 1.807) is 4.90 Å². The van der Waals surface area contributed by atoms with Crippen molar-refractivity contribution in [2.75, 3.05) is 32.7 Å². The van der Waals surface area contributed by atoms with Crippen LogP contribution in [-0.2, 0) is 11.0 Å². The zero-order valence-electron chi connectivity index (χ0n) is 19.6. The first-order valence-corrected chi connectivity index (χ1v) is 11.8. The Labute approximate surface area is 204 Å². The highest BCUT2D eigenvalue weighted by molar-refractivity contribution is 6.44. The molecule has 2 heterocycles. The Morgan fingerprint density at radius 2 is 1.81 bits per heavy atom. The van der Waals surface area contributed by atoms with Crippen molar-refractivity contribution in [2.24, 2.45) is 5.73 Å². The summed E-state index contributed by atoms with van der Waals surface area (Å²) in [5.74, 6) is -2.56. The molecule has 0 saturated carbocycles. The summed E-state index contributed by atoms with van der Waals surface area (Å²) < 4.78 is 91.8. The highest BCUT2D eigenvalue weighted by atomic mass is 19.4. The lowest BCUT2D eigenvalue weighted by atomic mass is 9.88. The fourth-order valence-corrected chi connectivity index (χ4v) is 4.84. The van der Waals surface area contributed by atoms with Crippen LogP contribution in [0.5, 0.6) is 0 Å². The van der Waals surface area contributed by atoms with Gasteiger partial charge in [-0.15, -0.1) is 0 Å². The second-order valence-corrected chi connectivity index (χ2v) is 9.25. The van der Waals surface area contributed by atoms with Gasteiger partial charge in [-0.05, 0) is 49.8 Å². The Morgan fingerprint density at radius 3 is 2.47 bits per heavy atom. The third kappa shape index (κ3) is 6.98. The molecule has 1 amide bonds. The van der Waals surface area contributed by atoms with Crippen LogP contribution in [0.3, 0.4) is 0 Å². The molecule has 200 valence electrons. The molecule has 2 aliphatic heterocycles. The van der Waals surface area contributed by atoms with E-state index in [1.165, 1.54) is 17.0 Å². The van der Waals surface area contributed by atoms with Crippen LogP contribution in [-0.4, -0.2) is 60.3 Å². The summed E-state index contributed by atoms with van der Waals surface area (Å²) in [4.78, 5) is 16.2. The average molecular weight is 523 g/mol. The van der Waals surface area contributed by atoms with Crippen molar-refractivity contribution >= 4 is 11.6 Å². The number of hydrogen-bond acceptors (Lipinski definition) is 4. The molecule has 12 heteroatoms. The number of nitrogens with two attached hydrogens (primary N) is 1. The zero-order valence-corrected chi connectivity index (χ0v) is 19.6. The van der Waals surface area contributed by atoms with E-state index in [9.17, 15) is 35.5 Å². The lowest BCUT2D eigenvalue weighted by Crippen LogP contribution is -2.43. The molecule has 3 rings (SSSR count). The molecule has 0 aliphatic carbocycles. The summed E-state index contributed by atoms with van der Waals surface area (Å²) in [6.07, 6.45) is -8.95. The first kappa shape index (κ1) is 27.9. The molecule has 1 fully saturated rings. The molecular formula is C24H29F7N4O. The molecule has 1 aromatic rings. The molecular weight excluding hydrogens is 493 g/mol. The Hall–Kier alpha value is -2.63. The number of nitrogens with one attached hydrogen (secondary N) is 1. The van der Waals surface area contributed by atoms with Crippen molar-refractivity contribution < 1.29 is 35.5 Å². The largest absolute Gasteiger partial charge is 0.419 e. The minimum absolute atomic E-state index is 0.0855. The van der Waals surface area contributed by atoms with Gasteiger partial charge in [-0.25, -0.2) is 4.39 Å². The van der Waals surface area contributed by atoms with Crippen LogP contribution in [0.1, 0.15) is 55.6 Å². The monoisotopic (exact) mass is 522 g/mol. The van der Waals surface area contributed by atoms with Crippen molar-refractivity contribution in [3.8, 4) is 0 Å². The van der Waals surface area contributed by atoms with E-state index in [0.29, 0.717) is 31.5 Å². The number of benzene rings is 1. The maximum Gasteiger partial charge on any atom is 0.419 e. The maximum atomic E-state index is 14.0. The fourth-order valence-electron chi connectivity index (χ4n) is 4.84. The smallest absolute Gasteiger partial charge is 0.402 e. The van der Waals surface area contributed by atoms with Gasteiger partial charge in [0.25, 0.3) is 5.91 Å². The molecule has 2 aliphatic rings. The van der Waals surface area contributed by atoms with Gasteiger partial charge in [0.15, 0.2) is 0 Å². The van der Waals surface area contributed by atoms with Crippen molar-refractivity contribution in [3.05, 3.63) is 46.4 Å². The van der Waals surface area contributed by atoms with Crippen LogP contribution < -0.4 is 5.73 Å². The van der Waals surface area contributed by atoms with E-state index in [0.717, 1.165) is 6.07 Å². The Kier molecular flexibility index (Phi) is 8.68. The quantitative estimate of drug-likeness (QED) is 0.398. The molecule has 36 heavy (non-hydrogen) atoms. The minimum atomic E-state index is -4.85. The molecule has 3 N–H and O–H groups in total. The van der Waals surface area contributed by atoms with Crippen LogP contribution in [0.2, 0.25) is 0 Å². The first-order chi connectivity index (χ1) is 16.8. The minimum Gasteiger partial charge on any atom is -0.402 e. The number of carbonyl (C=O) groups excluding carboxylic acids is 1.